The number of hydrogen-bond donors (Lipinski definition) is 2. The lowest BCUT2D eigenvalue weighted by molar-refractivity contribution is -0.133. The molecule has 1 heterocycles. The minimum atomic E-state index is -0.392. The van der Waals surface area contributed by atoms with Crippen LogP contribution in [-0.4, -0.2) is 46.6 Å². The number of aliphatic hydroxyl groups excluding tert-OH is 1. The highest BCUT2D eigenvalue weighted by molar-refractivity contribution is 5.94. The summed E-state index contributed by atoms with van der Waals surface area (Å²) in [6.45, 7) is 4.11. The fraction of sp³-hybridized carbons (Fsp3) is 0.600. The first-order valence-electron chi connectivity index (χ1n) is 9.23. The second kappa shape index (κ2) is 7.16. The van der Waals surface area contributed by atoms with Crippen LogP contribution in [0.25, 0.3) is 0 Å². The van der Waals surface area contributed by atoms with E-state index in [1.165, 1.54) is 0 Å². The van der Waals surface area contributed by atoms with Gasteiger partial charge in [0.2, 0.25) is 5.91 Å². The Hall–Kier alpha value is -1.88. The van der Waals surface area contributed by atoms with Crippen LogP contribution in [-0.2, 0) is 4.79 Å². The first kappa shape index (κ1) is 17.9. The molecule has 2 aliphatic rings. The van der Waals surface area contributed by atoms with Crippen LogP contribution in [0.2, 0.25) is 0 Å². The Labute approximate surface area is 149 Å². The molecule has 1 saturated carbocycles. The average Bonchev–Trinajstić information content (AvgIpc) is 2.82. The van der Waals surface area contributed by atoms with E-state index in [0.29, 0.717) is 12.1 Å². The van der Waals surface area contributed by atoms with Crippen molar-refractivity contribution in [3.05, 3.63) is 35.9 Å². The predicted octanol–water partition coefficient (Wildman–Crippen LogP) is 2.35. The minimum Gasteiger partial charge on any atom is -0.392 e. The maximum absolute atomic E-state index is 12.3. The molecular weight excluding hydrogens is 316 g/mol. The molecule has 2 amide bonds. The van der Waals surface area contributed by atoms with Crippen molar-refractivity contribution in [2.24, 2.45) is 5.41 Å². The molecule has 1 aromatic carbocycles. The van der Waals surface area contributed by atoms with E-state index in [1.54, 1.807) is 19.1 Å². The molecule has 1 aliphatic heterocycles. The summed E-state index contributed by atoms with van der Waals surface area (Å²) in [7, 11) is 0. The van der Waals surface area contributed by atoms with E-state index in [1.807, 2.05) is 23.1 Å². The SMILES string of the molecule is CC(=O)N1[C@@H](CNC(=O)c2ccccc2)C[C@@]2(C)[C@@H](O)CCCC[C@@H]12. The predicted molar refractivity (Wildman–Crippen MR) is 96.1 cm³/mol. The number of amides is 2. The zero-order chi connectivity index (χ0) is 18.0. The monoisotopic (exact) mass is 344 g/mol. The molecule has 1 saturated heterocycles. The molecule has 136 valence electrons. The fourth-order valence-corrected chi connectivity index (χ4v) is 4.70. The van der Waals surface area contributed by atoms with Gasteiger partial charge in [-0.05, 0) is 31.4 Å². The Balaban J connectivity index is 1.74. The van der Waals surface area contributed by atoms with Crippen molar-refractivity contribution in [3.8, 4) is 0 Å². The largest absolute Gasteiger partial charge is 0.392 e. The number of carbonyl (C=O) groups is 2. The van der Waals surface area contributed by atoms with E-state index < -0.39 is 6.10 Å². The van der Waals surface area contributed by atoms with E-state index in [0.717, 1.165) is 32.1 Å². The first-order chi connectivity index (χ1) is 11.9. The Morgan fingerprint density at radius 3 is 2.60 bits per heavy atom. The zero-order valence-electron chi connectivity index (χ0n) is 15.1. The van der Waals surface area contributed by atoms with Crippen molar-refractivity contribution in [1.82, 2.24) is 10.2 Å². The van der Waals surface area contributed by atoms with Crippen molar-refractivity contribution in [2.45, 2.75) is 64.1 Å². The van der Waals surface area contributed by atoms with Gasteiger partial charge < -0.3 is 15.3 Å². The number of nitrogens with zero attached hydrogens (tertiary/aromatic N) is 1. The summed E-state index contributed by atoms with van der Waals surface area (Å²) in [6.07, 6.45) is 4.10. The van der Waals surface area contributed by atoms with Gasteiger partial charge >= 0.3 is 0 Å². The van der Waals surface area contributed by atoms with Gasteiger partial charge in [-0.25, -0.2) is 0 Å². The second-order valence-corrected chi connectivity index (χ2v) is 7.68. The van der Waals surface area contributed by atoms with Crippen molar-refractivity contribution in [3.63, 3.8) is 0 Å². The highest BCUT2D eigenvalue weighted by atomic mass is 16.3. The minimum absolute atomic E-state index is 0.0294. The summed E-state index contributed by atoms with van der Waals surface area (Å²) in [6, 6.07) is 9.10. The molecular formula is C20H28N2O3. The van der Waals surface area contributed by atoms with E-state index in [2.05, 4.69) is 12.2 Å². The summed E-state index contributed by atoms with van der Waals surface area (Å²) in [5, 5.41) is 13.6. The van der Waals surface area contributed by atoms with E-state index >= 15 is 0 Å². The number of carbonyl (C=O) groups excluding carboxylic acids is 2. The van der Waals surface area contributed by atoms with Crippen LogP contribution in [0.4, 0.5) is 0 Å². The molecule has 25 heavy (non-hydrogen) atoms. The lowest BCUT2D eigenvalue weighted by Crippen LogP contribution is -2.48. The van der Waals surface area contributed by atoms with Gasteiger partial charge in [-0.1, -0.05) is 38.0 Å². The molecule has 2 N–H and O–H groups in total. The molecule has 0 bridgehead atoms. The van der Waals surface area contributed by atoms with Crippen molar-refractivity contribution in [2.75, 3.05) is 6.54 Å². The maximum atomic E-state index is 12.3. The number of rotatable bonds is 3. The van der Waals surface area contributed by atoms with Crippen molar-refractivity contribution >= 4 is 11.8 Å². The van der Waals surface area contributed by atoms with Crippen molar-refractivity contribution < 1.29 is 14.7 Å². The Morgan fingerprint density at radius 2 is 1.92 bits per heavy atom. The quantitative estimate of drug-likeness (QED) is 0.884. The Bertz CT molecular complexity index is 633. The topological polar surface area (TPSA) is 69.6 Å². The summed E-state index contributed by atoms with van der Waals surface area (Å²) in [4.78, 5) is 26.6. The average molecular weight is 344 g/mol. The number of nitrogens with one attached hydrogen (secondary N) is 1. The third-order valence-corrected chi connectivity index (χ3v) is 6.03. The lowest BCUT2D eigenvalue weighted by Gasteiger charge is -2.37. The van der Waals surface area contributed by atoms with Crippen molar-refractivity contribution in [1.29, 1.82) is 0 Å². The molecule has 3 rings (SSSR count). The van der Waals surface area contributed by atoms with Crippen LogP contribution in [0.1, 0.15) is 56.3 Å². The van der Waals surface area contributed by atoms with E-state index in [4.69, 9.17) is 0 Å². The van der Waals surface area contributed by atoms with Crippen LogP contribution in [0.5, 0.6) is 0 Å². The highest BCUT2D eigenvalue weighted by Crippen LogP contribution is 2.48. The number of hydrogen-bond acceptors (Lipinski definition) is 3. The molecule has 0 aromatic heterocycles. The van der Waals surface area contributed by atoms with Crippen LogP contribution in [0, 0.1) is 5.41 Å². The van der Waals surface area contributed by atoms with Crippen LogP contribution >= 0.6 is 0 Å². The van der Waals surface area contributed by atoms with Gasteiger partial charge in [-0.3, -0.25) is 9.59 Å². The molecule has 0 radical (unpaired) electrons. The third kappa shape index (κ3) is 3.43. The third-order valence-electron chi connectivity index (χ3n) is 6.03. The lowest BCUT2D eigenvalue weighted by atomic mass is 9.75. The summed E-state index contributed by atoms with van der Waals surface area (Å²) >= 11 is 0. The number of likely N-dealkylation sites (tertiary alicyclic amines) is 1. The zero-order valence-corrected chi connectivity index (χ0v) is 15.1. The second-order valence-electron chi connectivity index (χ2n) is 7.68. The van der Waals surface area contributed by atoms with Crippen LogP contribution in [0.3, 0.4) is 0 Å². The molecule has 5 heteroatoms. The summed E-state index contributed by atoms with van der Waals surface area (Å²) in [5.74, 6) is -0.0938. The Kier molecular flexibility index (Phi) is 5.13. The number of benzene rings is 1. The van der Waals surface area contributed by atoms with Crippen LogP contribution in [0.15, 0.2) is 30.3 Å². The molecule has 5 nitrogen and oxygen atoms in total. The Morgan fingerprint density at radius 1 is 1.24 bits per heavy atom. The van der Waals surface area contributed by atoms with Gasteiger partial charge in [-0.2, -0.15) is 0 Å². The smallest absolute Gasteiger partial charge is 0.251 e. The van der Waals surface area contributed by atoms with Gasteiger partial charge in [0.25, 0.3) is 5.91 Å². The number of aliphatic hydroxyl groups is 1. The van der Waals surface area contributed by atoms with Gasteiger partial charge in [0.1, 0.15) is 0 Å². The maximum Gasteiger partial charge on any atom is 0.251 e. The molecule has 2 fully saturated rings. The molecule has 4 atom stereocenters. The van der Waals surface area contributed by atoms with Gasteiger partial charge in [-0.15, -0.1) is 0 Å². The van der Waals surface area contributed by atoms with Gasteiger partial charge in [0, 0.05) is 30.5 Å². The molecule has 1 aromatic rings. The standard InChI is InChI=1S/C20H28N2O3/c1-14(23)22-16(13-21-19(25)15-8-4-3-5-9-15)12-20(2)17(22)10-6-7-11-18(20)24/h3-5,8-9,16-18,24H,6-7,10-13H2,1-2H3,(H,21,25)/t16-,17-,18+,20-/m1/s1. The first-order valence-corrected chi connectivity index (χ1v) is 9.23. The summed E-state index contributed by atoms with van der Waals surface area (Å²) in [5.41, 5.74) is 0.333. The number of fused-ring (bicyclic) bond motifs is 1. The van der Waals surface area contributed by atoms with E-state index in [-0.39, 0.29) is 29.3 Å². The fourth-order valence-electron chi connectivity index (χ4n) is 4.70. The normalized spacial score (nSPS) is 32.0. The van der Waals surface area contributed by atoms with Gasteiger partial charge in [0.05, 0.1) is 12.1 Å². The van der Waals surface area contributed by atoms with Crippen LogP contribution < -0.4 is 5.32 Å². The van der Waals surface area contributed by atoms with E-state index in [9.17, 15) is 14.7 Å². The summed E-state index contributed by atoms with van der Waals surface area (Å²) < 4.78 is 0. The molecule has 1 aliphatic carbocycles. The molecule has 0 spiro atoms. The highest BCUT2D eigenvalue weighted by Gasteiger charge is 2.54. The van der Waals surface area contributed by atoms with Gasteiger partial charge in [0.15, 0.2) is 0 Å². The molecule has 0 unspecified atom stereocenters.